The first-order chi connectivity index (χ1) is 9.97. The van der Waals surface area contributed by atoms with Crippen molar-refractivity contribution in [2.75, 3.05) is 13.4 Å². The van der Waals surface area contributed by atoms with Crippen molar-refractivity contribution in [2.45, 2.75) is 25.3 Å². The summed E-state index contributed by atoms with van der Waals surface area (Å²) >= 11 is 6.19. The lowest BCUT2D eigenvalue weighted by atomic mass is 10.1. The number of benzene rings is 1. The van der Waals surface area contributed by atoms with Crippen LogP contribution in [0.4, 0.5) is 0 Å². The smallest absolute Gasteiger partial charge is 0.303 e. The molecule has 0 aliphatic carbocycles. The summed E-state index contributed by atoms with van der Waals surface area (Å²) in [5.41, 5.74) is 0.640. The number of rotatable bonds is 5. The fourth-order valence-corrected chi connectivity index (χ4v) is 2.16. The fourth-order valence-electron chi connectivity index (χ4n) is 1.90. The van der Waals surface area contributed by atoms with E-state index in [4.69, 9.17) is 30.5 Å². The van der Waals surface area contributed by atoms with Crippen molar-refractivity contribution in [2.24, 2.45) is 0 Å². The van der Waals surface area contributed by atoms with Gasteiger partial charge in [-0.3, -0.25) is 9.59 Å². The first-order valence-electron chi connectivity index (χ1n) is 6.31. The maximum atomic E-state index is 11.3. The number of ether oxygens (including phenoxy) is 4. The third kappa shape index (κ3) is 4.01. The second kappa shape index (κ2) is 6.67. The van der Waals surface area contributed by atoms with Gasteiger partial charge in [-0.1, -0.05) is 6.07 Å². The van der Waals surface area contributed by atoms with Gasteiger partial charge in [0, 0.05) is 13.8 Å². The summed E-state index contributed by atoms with van der Waals surface area (Å²) in [6.45, 7) is 2.65. The van der Waals surface area contributed by atoms with Gasteiger partial charge in [0.2, 0.25) is 6.79 Å². The van der Waals surface area contributed by atoms with E-state index in [1.54, 1.807) is 18.2 Å². The van der Waals surface area contributed by atoms with Gasteiger partial charge in [0.25, 0.3) is 0 Å². The molecule has 0 N–H and O–H groups in total. The number of halogens is 1. The highest BCUT2D eigenvalue weighted by molar-refractivity contribution is 6.21. The molecule has 1 aliphatic rings. The zero-order valence-electron chi connectivity index (χ0n) is 11.6. The lowest BCUT2D eigenvalue weighted by Crippen LogP contribution is -2.24. The molecule has 1 aliphatic heterocycles. The highest BCUT2D eigenvalue weighted by Crippen LogP contribution is 2.36. The highest BCUT2D eigenvalue weighted by atomic mass is 35.5. The Kier molecular flexibility index (Phi) is 4.90. The van der Waals surface area contributed by atoms with Crippen LogP contribution in [0.1, 0.15) is 25.5 Å². The standard InChI is InChI=1S/C14H15ClO6/c1-8(16)18-6-11(15)14(21-9(2)17)10-3-4-12-13(5-10)20-7-19-12/h3-5,11,14H,6-7H2,1-2H3/t11-,14-/m1/s1. The summed E-state index contributed by atoms with van der Waals surface area (Å²) in [7, 11) is 0. The van der Waals surface area contributed by atoms with Crippen LogP contribution in [0.15, 0.2) is 18.2 Å². The second-order valence-corrected chi connectivity index (χ2v) is 5.02. The zero-order valence-corrected chi connectivity index (χ0v) is 12.4. The van der Waals surface area contributed by atoms with E-state index in [0.29, 0.717) is 17.1 Å². The Morgan fingerprint density at radius 3 is 2.62 bits per heavy atom. The van der Waals surface area contributed by atoms with E-state index >= 15 is 0 Å². The Morgan fingerprint density at radius 2 is 1.95 bits per heavy atom. The van der Waals surface area contributed by atoms with Crippen molar-refractivity contribution < 1.29 is 28.5 Å². The monoisotopic (exact) mass is 314 g/mol. The summed E-state index contributed by atoms with van der Waals surface area (Å²) in [5.74, 6) is 0.242. The minimum atomic E-state index is -0.752. The minimum Gasteiger partial charge on any atom is -0.464 e. The summed E-state index contributed by atoms with van der Waals surface area (Å²) in [5, 5.41) is -0.710. The van der Waals surface area contributed by atoms with E-state index in [1.807, 2.05) is 0 Å². The predicted molar refractivity (Wildman–Crippen MR) is 73.3 cm³/mol. The average Bonchev–Trinajstić information content (AvgIpc) is 2.89. The second-order valence-electron chi connectivity index (χ2n) is 4.46. The van der Waals surface area contributed by atoms with Crippen molar-refractivity contribution in [3.63, 3.8) is 0 Å². The van der Waals surface area contributed by atoms with Gasteiger partial charge in [-0.15, -0.1) is 11.6 Å². The van der Waals surface area contributed by atoms with Crippen LogP contribution in [0.3, 0.4) is 0 Å². The third-order valence-electron chi connectivity index (χ3n) is 2.79. The lowest BCUT2D eigenvalue weighted by molar-refractivity contribution is -0.148. The normalized spacial score (nSPS) is 15.2. The topological polar surface area (TPSA) is 71.1 Å². The molecule has 1 aromatic carbocycles. The first-order valence-corrected chi connectivity index (χ1v) is 6.75. The largest absolute Gasteiger partial charge is 0.464 e. The van der Waals surface area contributed by atoms with E-state index in [1.165, 1.54) is 13.8 Å². The van der Waals surface area contributed by atoms with Crippen molar-refractivity contribution in [1.82, 2.24) is 0 Å². The molecule has 0 aromatic heterocycles. The van der Waals surface area contributed by atoms with Gasteiger partial charge in [-0.25, -0.2) is 0 Å². The fraction of sp³-hybridized carbons (Fsp3) is 0.429. The summed E-state index contributed by atoms with van der Waals surface area (Å²) in [6, 6.07) is 5.13. The predicted octanol–water partition coefficient (Wildman–Crippen LogP) is 2.19. The molecular formula is C14H15ClO6. The number of carbonyl (C=O) groups is 2. The van der Waals surface area contributed by atoms with Crippen LogP contribution in [-0.4, -0.2) is 30.7 Å². The van der Waals surface area contributed by atoms with Gasteiger partial charge >= 0.3 is 11.9 Å². The van der Waals surface area contributed by atoms with Gasteiger partial charge in [0.15, 0.2) is 11.5 Å². The van der Waals surface area contributed by atoms with E-state index in [0.717, 1.165) is 0 Å². The SMILES string of the molecule is CC(=O)OC[C@@H](Cl)[C@H](OC(C)=O)c1ccc2c(c1)OCO2. The van der Waals surface area contributed by atoms with Crippen LogP contribution < -0.4 is 9.47 Å². The Hall–Kier alpha value is -1.95. The summed E-state index contributed by atoms with van der Waals surface area (Å²) in [6.07, 6.45) is -0.752. The van der Waals surface area contributed by atoms with Gasteiger partial charge < -0.3 is 18.9 Å². The van der Waals surface area contributed by atoms with Crippen molar-refractivity contribution in [3.8, 4) is 11.5 Å². The van der Waals surface area contributed by atoms with E-state index < -0.39 is 23.4 Å². The molecule has 1 aromatic rings. The molecule has 7 heteroatoms. The minimum absolute atomic E-state index is 0.0662. The molecule has 0 fully saturated rings. The summed E-state index contributed by atoms with van der Waals surface area (Å²) < 4.78 is 20.6. The van der Waals surface area contributed by atoms with Crippen LogP contribution in [0, 0.1) is 0 Å². The van der Waals surface area contributed by atoms with Gasteiger partial charge in [-0.2, -0.15) is 0 Å². The molecule has 0 radical (unpaired) electrons. The van der Waals surface area contributed by atoms with E-state index in [-0.39, 0.29) is 13.4 Å². The number of hydrogen-bond acceptors (Lipinski definition) is 6. The molecule has 0 saturated heterocycles. The van der Waals surface area contributed by atoms with Crippen LogP contribution in [0.2, 0.25) is 0 Å². The Labute approximate surface area is 126 Å². The number of alkyl halides is 1. The number of esters is 2. The molecule has 2 rings (SSSR count). The first kappa shape index (κ1) is 15.4. The molecular weight excluding hydrogens is 300 g/mol. The quantitative estimate of drug-likeness (QED) is 0.613. The highest BCUT2D eigenvalue weighted by Gasteiger charge is 2.27. The molecule has 0 bridgehead atoms. The maximum Gasteiger partial charge on any atom is 0.303 e. The Bertz CT molecular complexity index is 544. The van der Waals surface area contributed by atoms with Crippen LogP contribution in [0.5, 0.6) is 11.5 Å². The van der Waals surface area contributed by atoms with E-state index in [9.17, 15) is 9.59 Å². The van der Waals surface area contributed by atoms with Crippen molar-refractivity contribution in [3.05, 3.63) is 23.8 Å². The third-order valence-corrected chi connectivity index (χ3v) is 3.15. The Balaban J connectivity index is 2.18. The van der Waals surface area contributed by atoms with Crippen LogP contribution in [0.25, 0.3) is 0 Å². The summed E-state index contributed by atoms with van der Waals surface area (Å²) in [4.78, 5) is 22.1. The van der Waals surface area contributed by atoms with Gasteiger partial charge in [0.1, 0.15) is 18.1 Å². The molecule has 0 spiro atoms. The molecule has 0 saturated carbocycles. The van der Waals surface area contributed by atoms with Crippen LogP contribution in [-0.2, 0) is 19.1 Å². The number of carbonyl (C=O) groups excluding carboxylic acids is 2. The Morgan fingerprint density at radius 1 is 1.24 bits per heavy atom. The zero-order chi connectivity index (χ0) is 15.4. The number of fused-ring (bicyclic) bond motifs is 1. The molecule has 114 valence electrons. The van der Waals surface area contributed by atoms with Crippen LogP contribution >= 0.6 is 11.6 Å². The molecule has 6 nitrogen and oxygen atoms in total. The van der Waals surface area contributed by atoms with Crippen molar-refractivity contribution >= 4 is 23.5 Å². The molecule has 1 heterocycles. The maximum absolute atomic E-state index is 11.3. The molecule has 2 atom stereocenters. The molecule has 0 unspecified atom stereocenters. The van der Waals surface area contributed by atoms with Gasteiger partial charge in [-0.05, 0) is 17.7 Å². The van der Waals surface area contributed by atoms with Gasteiger partial charge in [0.05, 0.1) is 0 Å². The van der Waals surface area contributed by atoms with Crippen molar-refractivity contribution in [1.29, 1.82) is 0 Å². The molecule has 0 amide bonds. The lowest BCUT2D eigenvalue weighted by Gasteiger charge is -2.22. The average molecular weight is 315 g/mol. The van der Waals surface area contributed by atoms with E-state index in [2.05, 4.69) is 0 Å². The molecule has 21 heavy (non-hydrogen) atoms. The number of hydrogen-bond donors (Lipinski definition) is 0.